The predicted octanol–water partition coefficient (Wildman–Crippen LogP) is 2.76. The Morgan fingerprint density at radius 2 is 1.90 bits per heavy atom. The van der Waals surface area contributed by atoms with Gasteiger partial charge >= 0.3 is 0 Å². The van der Waals surface area contributed by atoms with E-state index in [1.807, 2.05) is 13.0 Å². The van der Waals surface area contributed by atoms with Crippen LogP contribution in [0.2, 0.25) is 0 Å². The lowest BCUT2D eigenvalue weighted by atomic mass is 9.90. The first-order chi connectivity index (χ1) is 18.6. The number of likely N-dealkylation sites (tertiary alicyclic amines) is 1. The van der Waals surface area contributed by atoms with Crippen LogP contribution in [0.5, 0.6) is 0 Å². The van der Waals surface area contributed by atoms with Gasteiger partial charge in [0.15, 0.2) is 11.3 Å². The number of alkyl halides is 1. The van der Waals surface area contributed by atoms with Crippen molar-refractivity contribution in [2.75, 3.05) is 6.54 Å². The third kappa shape index (κ3) is 4.67. The zero-order chi connectivity index (χ0) is 27.9. The molecular formula is C26H24BrFN8O3. The summed E-state index contributed by atoms with van der Waals surface area (Å²) < 4.78 is 16.5. The molecule has 0 radical (unpaired) electrons. The number of ketones is 1. The first-order valence-electron chi connectivity index (χ1n) is 12.2. The Morgan fingerprint density at radius 3 is 2.54 bits per heavy atom. The van der Waals surface area contributed by atoms with Crippen molar-refractivity contribution >= 4 is 44.4 Å². The Balaban J connectivity index is 1.53. The summed E-state index contributed by atoms with van der Waals surface area (Å²) in [4.78, 5) is 56.9. The second-order valence-corrected chi connectivity index (χ2v) is 10.1. The van der Waals surface area contributed by atoms with Crippen LogP contribution >= 0.6 is 15.9 Å². The van der Waals surface area contributed by atoms with Crippen LogP contribution in [0.3, 0.4) is 0 Å². The van der Waals surface area contributed by atoms with Crippen LogP contribution in [0.15, 0.2) is 47.6 Å². The molecule has 11 nitrogen and oxygen atoms in total. The third-order valence-corrected chi connectivity index (χ3v) is 7.20. The van der Waals surface area contributed by atoms with Crippen molar-refractivity contribution in [1.29, 1.82) is 0 Å². The largest absolute Gasteiger partial charge is 0.367 e. The van der Waals surface area contributed by atoms with Crippen molar-refractivity contribution in [3.05, 3.63) is 64.8 Å². The number of nitrogens with zero attached hydrogens (tertiary/aromatic N) is 7. The summed E-state index contributed by atoms with van der Waals surface area (Å²) in [6.07, 6.45) is 4.98. The maximum atomic E-state index is 14.8. The molecule has 0 aliphatic carbocycles. The molecule has 2 N–H and O–H groups in total. The number of aryl methyl sites for hydroxylation is 1. The van der Waals surface area contributed by atoms with Crippen LogP contribution in [0.1, 0.15) is 42.3 Å². The van der Waals surface area contributed by atoms with Crippen LogP contribution in [-0.2, 0) is 28.1 Å². The van der Waals surface area contributed by atoms with E-state index in [0.717, 1.165) is 16.0 Å². The number of nitrogens with two attached hydrogens (primary N) is 1. The lowest BCUT2D eigenvalue weighted by Gasteiger charge is -2.34. The molecule has 1 aliphatic heterocycles. The number of amides is 2. The smallest absolute Gasteiger partial charge is 0.249 e. The van der Waals surface area contributed by atoms with Crippen LogP contribution in [0.4, 0.5) is 4.39 Å². The Kier molecular flexibility index (Phi) is 6.93. The molecule has 39 heavy (non-hydrogen) atoms. The van der Waals surface area contributed by atoms with Gasteiger partial charge < -0.3 is 10.6 Å². The molecule has 0 unspecified atom stereocenters. The van der Waals surface area contributed by atoms with Crippen LogP contribution in [0, 0.1) is 0 Å². The van der Waals surface area contributed by atoms with E-state index < -0.39 is 23.5 Å². The number of hydrogen-bond acceptors (Lipinski definition) is 8. The highest BCUT2D eigenvalue weighted by Crippen LogP contribution is 2.40. The van der Waals surface area contributed by atoms with Crippen LogP contribution in [0.25, 0.3) is 22.0 Å². The van der Waals surface area contributed by atoms with E-state index in [4.69, 9.17) is 5.73 Å². The number of hydrogen-bond donors (Lipinski definition) is 1. The quantitative estimate of drug-likeness (QED) is 0.321. The normalized spacial score (nSPS) is 19.0. The summed E-state index contributed by atoms with van der Waals surface area (Å²) >= 11 is 3.20. The zero-order valence-corrected chi connectivity index (χ0v) is 22.7. The molecule has 4 heterocycles. The van der Waals surface area contributed by atoms with Gasteiger partial charge in [-0.25, -0.2) is 19.3 Å². The minimum absolute atomic E-state index is 0.0635. The first-order valence-corrected chi connectivity index (χ1v) is 13.0. The van der Waals surface area contributed by atoms with Crippen LogP contribution < -0.4 is 5.73 Å². The number of aromatic nitrogens is 6. The Hall–Kier alpha value is -4.13. The van der Waals surface area contributed by atoms with Gasteiger partial charge in [-0.2, -0.15) is 5.10 Å². The lowest BCUT2D eigenvalue weighted by Crippen LogP contribution is -2.54. The molecule has 3 aromatic heterocycles. The summed E-state index contributed by atoms with van der Waals surface area (Å²) in [6.45, 7) is 2.64. The highest BCUT2D eigenvalue weighted by Gasteiger charge is 2.55. The molecular weight excluding hydrogens is 571 g/mol. The molecule has 0 spiro atoms. The fourth-order valence-electron chi connectivity index (χ4n) is 4.95. The van der Waals surface area contributed by atoms with Gasteiger partial charge in [0, 0.05) is 43.1 Å². The number of carbonyl (C=O) groups is 3. The van der Waals surface area contributed by atoms with E-state index in [0.29, 0.717) is 27.8 Å². The number of halogens is 2. The standard InChI is InChI=1S/C26H24BrFN8O3/c1-3-22-31-8-16(9-32-22)15-4-5-19-18(6-15)24(14(2)37)34-36(19)13-23(38)35-12-17(28)7-26(35,25(29)39)20-10-30-11-21(27)33-20/h4-6,8-11,17H,3,7,12-13H2,1-2H3,(H2,29,39)/t17-,26+/m1/s1. The van der Waals surface area contributed by atoms with Crippen LogP contribution in [-0.4, -0.2) is 64.9 Å². The minimum Gasteiger partial charge on any atom is -0.367 e. The van der Waals surface area contributed by atoms with Gasteiger partial charge in [-0.1, -0.05) is 13.0 Å². The molecule has 2 amide bonds. The van der Waals surface area contributed by atoms with E-state index in [-0.39, 0.29) is 36.7 Å². The average molecular weight is 595 g/mol. The SMILES string of the molecule is CCc1ncc(-c2ccc3c(c2)c(C(C)=O)nn3CC(=O)N2C[C@H](F)C[C@@]2(C(N)=O)c2cncc(Br)n2)cn1. The number of rotatable bonds is 7. The maximum absolute atomic E-state index is 14.8. The van der Waals surface area contributed by atoms with E-state index in [9.17, 15) is 18.8 Å². The van der Waals surface area contributed by atoms with E-state index in [1.165, 1.54) is 24.0 Å². The first kappa shape index (κ1) is 26.5. The van der Waals surface area contributed by atoms with E-state index >= 15 is 0 Å². The second-order valence-electron chi connectivity index (χ2n) is 9.29. The molecule has 1 aliphatic rings. The third-order valence-electron chi connectivity index (χ3n) is 6.82. The van der Waals surface area contributed by atoms with Gasteiger partial charge in [-0.3, -0.25) is 24.0 Å². The summed E-state index contributed by atoms with van der Waals surface area (Å²) in [5, 5.41) is 4.94. The van der Waals surface area contributed by atoms with Gasteiger partial charge in [0.05, 0.1) is 30.1 Å². The molecule has 4 aromatic rings. The molecule has 0 saturated carbocycles. The van der Waals surface area contributed by atoms with Crippen molar-refractivity contribution in [2.45, 2.75) is 44.9 Å². The predicted molar refractivity (Wildman–Crippen MR) is 142 cm³/mol. The Morgan fingerprint density at radius 1 is 1.15 bits per heavy atom. The van der Waals surface area contributed by atoms with Gasteiger partial charge in [-0.15, -0.1) is 0 Å². The Bertz CT molecular complexity index is 1610. The fourth-order valence-corrected chi connectivity index (χ4v) is 5.26. The average Bonchev–Trinajstić information content (AvgIpc) is 3.47. The molecule has 1 saturated heterocycles. The van der Waals surface area contributed by atoms with Gasteiger partial charge in [0.2, 0.25) is 11.8 Å². The molecule has 2 atom stereocenters. The van der Waals surface area contributed by atoms with Gasteiger partial charge in [-0.05, 0) is 33.6 Å². The number of fused-ring (bicyclic) bond motifs is 1. The van der Waals surface area contributed by atoms with Crippen molar-refractivity contribution in [2.24, 2.45) is 5.73 Å². The summed E-state index contributed by atoms with van der Waals surface area (Å²) in [6, 6.07) is 5.36. The maximum Gasteiger partial charge on any atom is 0.249 e. The highest BCUT2D eigenvalue weighted by atomic mass is 79.9. The number of primary amides is 1. The molecule has 1 fully saturated rings. The fraction of sp³-hybridized carbons (Fsp3) is 0.308. The zero-order valence-electron chi connectivity index (χ0n) is 21.1. The molecule has 5 rings (SSSR count). The van der Waals surface area contributed by atoms with Crippen molar-refractivity contribution in [1.82, 2.24) is 34.6 Å². The minimum atomic E-state index is -1.82. The topological polar surface area (TPSA) is 150 Å². The Labute approximate surface area is 230 Å². The van der Waals surface area contributed by atoms with E-state index in [1.54, 1.807) is 24.5 Å². The van der Waals surface area contributed by atoms with Crippen molar-refractivity contribution < 1.29 is 18.8 Å². The molecule has 200 valence electrons. The van der Waals surface area contributed by atoms with E-state index in [2.05, 4.69) is 41.0 Å². The summed E-state index contributed by atoms with van der Waals surface area (Å²) in [5.41, 5.74) is 6.24. The number of Topliss-reactive ketones (excluding diaryl/α,β-unsaturated/α-hetero) is 1. The second kappa shape index (κ2) is 10.2. The molecule has 0 bridgehead atoms. The lowest BCUT2D eigenvalue weighted by molar-refractivity contribution is -0.145. The number of benzene rings is 1. The highest BCUT2D eigenvalue weighted by molar-refractivity contribution is 9.10. The molecule has 13 heteroatoms. The summed E-state index contributed by atoms with van der Waals surface area (Å²) in [5.74, 6) is -1.10. The monoisotopic (exact) mass is 594 g/mol. The van der Waals surface area contributed by atoms with Gasteiger partial charge in [0.1, 0.15) is 28.8 Å². The number of carbonyl (C=O) groups excluding carboxylic acids is 3. The van der Waals surface area contributed by atoms with Crippen molar-refractivity contribution in [3.8, 4) is 11.1 Å². The molecule has 1 aromatic carbocycles. The summed E-state index contributed by atoms with van der Waals surface area (Å²) in [7, 11) is 0. The van der Waals surface area contributed by atoms with Crippen molar-refractivity contribution in [3.63, 3.8) is 0 Å². The van der Waals surface area contributed by atoms with Gasteiger partial charge in [0.25, 0.3) is 0 Å².